The fraction of sp³-hybridized carbons (Fsp3) is 0.833. The van der Waals surface area contributed by atoms with Crippen molar-refractivity contribution >= 4 is 0 Å². The van der Waals surface area contributed by atoms with Gasteiger partial charge in [-0.15, -0.1) is 0 Å². The van der Waals surface area contributed by atoms with Crippen LogP contribution in [0.3, 0.4) is 0 Å². The third kappa shape index (κ3) is 6.23. The second-order valence-corrected chi connectivity index (χ2v) is 4.13. The molecule has 1 saturated heterocycles. The van der Waals surface area contributed by atoms with Crippen molar-refractivity contribution in [3.8, 4) is 0 Å². The molecule has 94 valence electrons. The monoisotopic (exact) mass is 228 g/mol. The maximum Gasteiger partial charge on any atom is 0.0791 e. The van der Waals surface area contributed by atoms with Crippen LogP contribution in [0.15, 0.2) is 12.2 Å². The van der Waals surface area contributed by atoms with E-state index in [0.717, 1.165) is 45.8 Å². The smallest absolute Gasteiger partial charge is 0.0791 e. The zero-order chi connectivity index (χ0) is 11.6. The molecule has 0 aromatic heterocycles. The van der Waals surface area contributed by atoms with Crippen LogP contribution in [0.5, 0.6) is 0 Å². The lowest BCUT2D eigenvalue weighted by Gasteiger charge is -2.28. The Kier molecular flexibility index (Phi) is 7.42. The van der Waals surface area contributed by atoms with Gasteiger partial charge in [0, 0.05) is 26.2 Å². The van der Waals surface area contributed by atoms with Crippen LogP contribution in [-0.2, 0) is 4.74 Å². The highest BCUT2D eigenvalue weighted by Gasteiger charge is 2.14. The Bertz CT molecular complexity index is 191. The Labute approximate surface area is 98.3 Å². The van der Waals surface area contributed by atoms with E-state index in [1.165, 1.54) is 0 Å². The second-order valence-electron chi connectivity index (χ2n) is 4.13. The van der Waals surface area contributed by atoms with Gasteiger partial charge in [-0.05, 0) is 19.9 Å². The van der Waals surface area contributed by atoms with Crippen molar-refractivity contribution in [1.29, 1.82) is 0 Å². The number of hydrogen-bond donors (Lipinski definition) is 2. The summed E-state index contributed by atoms with van der Waals surface area (Å²) in [6.07, 6.45) is 4.93. The van der Waals surface area contributed by atoms with Gasteiger partial charge >= 0.3 is 0 Å². The maximum atomic E-state index is 9.79. The molecule has 0 radical (unpaired) electrons. The van der Waals surface area contributed by atoms with E-state index < -0.39 is 0 Å². The van der Waals surface area contributed by atoms with Crippen LogP contribution in [0, 0.1) is 0 Å². The second kappa shape index (κ2) is 8.70. The van der Waals surface area contributed by atoms with Gasteiger partial charge in [0.2, 0.25) is 0 Å². The number of rotatable bonds is 7. The summed E-state index contributed by atoms with van der Waals surface area (Å²) in [5.41, 5.74) is 0. The average Bonchev–Trinajstić information content (AvgIpc) is 2.30. The summed E-state index contributed by atoms with van der Waals surface area (Å²) in [7, 11) is 0. The normalized spacial score (nSPS) is 20.4. The van der Waals surface area contributed by atoms with Crippen LogP contribution in [0.1, 0.15) is 13.3 Å². The van der Waals surface area contributed by atoms with Crippen LogP contribution in [0.4, 0.5) is 0 Å². The molecule has 1 atom stereocenters. The molecule has 0 saturated carbocycles. The predicted octanol–water partition coefficient (Wildman–Crippen LogP) is 0.235. The first-order valence-electron chi connectivity index (χ1n) is 6.13. The lowest BCUT2D eigenvalue weighted by atomic mass is 10.3. The molecule has 1 rings (SSSR count). The topological polar surface area (TPSA) is 44.7 Å². The number of nitrogens with zero attached hydrogens (tertiary/aromatic N) is 1. The summed E-state index contributed by atoms with van der Waals surface area (Å²) >= 11 is 0. The van der Waals surface area contributed by atoms with Gasteiger partial charge in [-0.3, -0.25) is 4.90 Å². The summed E-state index contributed by atoms with van der Waals surface area (Å²) < 4.78 is 5.26. The summed E-state index contributed by atoms with van der Waals surface area (Å²) in [4.78, 5) is 2.25. The van der Waals surface area contributed by atoms with E-state index in [-0.39, 0.29) is 6.10 Å². The Morgan fingerprint density at radius 2 is 2.19 bits per heavy atom. The lowest BCUT2D eigenvalue weighted by Crippen LogP contribution is -2.43. The molecule has 1 aliphatic heterocycles. The highest BCUT2D eigenvalue weighted by molar-refractivity contribution is 4.78. The van der Waals surface area contributed by atoms with Gasteiger partial charge in [0.15, 0.2) is 0 Å². The SMILES string of the molecule is C/C=C/CCNCC(O)CN1CCOCC1. The number of nitrogens with one attached hydrogen (secondary N) is 1. The molecule has 1 fully saturated rings. The zero-order valence-corrected chi connectivity index (χ0v) is 10.2. The minimum atomic E-state index is -0.274. The molecular formula is C12H24N2O2. The van der Waals surface area contributed by atoms with Crippen molar-refractivity contribution in [1.82, 2.24) is 10.2 Å². The fourth-order valence-electron chi connectivity index (χ4n) is 1.77. The van der Waals surface area contributed by atoms with Gasteiger partial charge in [-0.1, -0.05) is 12.2 Å². The van der Waals surface area contributed by atoms with Crippen LogP contribution in [0.25, 0.3) is 0 Å². The van der Waals surface area contributed by atoms with E-state index in [9.17, 15) is 5.11 Å². The predicted molar refractivity (Wildman–Crippen MR) is 65.6 cm³/mol. The van der Waals surface area contributed by atoms with E-state index in [4.69, 9.17) is 4.74 Å². The molecule has 1 unspecified atom stereocenters. The molecule has 1 aliphatic rings. The molecule has 1 heterocycles. The van der Waals surface area contributed by atoms with E-state index in [2.05, 4.69) is 16.3 Å². The van der Waals surface area contributed by atoms with Gasteiger partial charge in [-0.2, -0.15) is 0 Å². The number of β-amino-alcohol motifs (C(OH)–C–C–N with tert-alkyl or cyclic N) is 1. The number of allylic oxidation sites excluding steroid dienone is 1. The first kappa shape index (κ1) is 13.6. The third-order valence-electron chi connectivity index (χ3n) is 2.68. The maximum absolute atomic E-state index is 9.79. The van der Waals surface area contributed by atoms with Crippen molar-refractivity contribution in [3.63, 3.8) is 0 Å². The van der Waals surface area contributed by atoms with Crippen LogP contribution >= 0.6 is 0 Å². The quantitative estimate of drug-likeness (QED) is 0.484. The molecule has 0 aromatic carbocycles. The van der Waals surface area contributed by atoms with Crippen molar-refractivity contribution < 1.29 is 9.84 Å². The molecule has 0 bridgehead atoms. The number of hydrogen-bond acceptors (Lipinski definition) is 4. The summed E-state index contributed by atoms with van der Waals surface area (Å²) in [5, 5.41) is 13.0. The van der Waals surface area contributed by atoms with E-state index >= 15 is 0 Å². The molecule has 4 nitrogen and oxygen atoms in total. The van der Waals surface area contributed by atoms with Crippen LogP contribution < -0.4 is 5.32 Å². The molecule has 2 N–H and O–H groups in total. The van der Waals surface area contributed by atoms with Gasteiger partial charge in [-0.25, -0.2) is 0 Å². The van der Waals surface area contributed by atoms with Crippen molar-refractivity contribution in [2.45, 2.75) is 19.4 Å². The van der Waals surface area contributed by atoms with E-state index in [0.29, 0.717) is 6.54 Å². The Morgan fingerprint density at radius 3 is 2.88 bits per heavy atom. The Balaban J connectivity index is 1.99. The van der Waals surface area contributed by atoms with E-state index in [1.807, 2.05) is 13.0 Å². The number of aliphatic hydroxyl groups excluding tert-OH is 1. The largest absolute Gasteiger partial charge is 0.390 e. The summed E-state index contributed by atoms with van der Waals surface area (Å²) in [6.45, 7) is 7.85. The van der Waals surface area contributed by atoms with Gasteiger partial charge in [0.1, 0.15) is 0 Å². The van der Waals surface area contributed by atoms with Gasteiger partial charge in [0.25, 0.3) is 0 Å². The standard InChI is InChI=1S/C12H24N2O2/c1-2-3-4-5-13-10-12(15)11-14-6-8-16-9-7-14/h2-3,12-13,15H,4-11H2,1H3/b3-2+. The molecule has 16 heavy (non-hydrogen) atoms. The molecule has 0 spiro atoms. The van der Waals surface area contributed by atoms with Crippen molar-refractivity contribution in [3.05, 3.63) is 12.2 Å². The first-order chi connectivity index (χ1) is 7.83. The highest BCUT2D eigenvalue weighted by atomic mass is 16.5. The van der Waals surface area contributed by atoms with Gasteiger partial charge < -0.3 is 15.2 Å². The molecule has 4 heteroatoms. The third-order valence-corrected chi connectivity index (χ3v) is 2.68. The van der Waals surface area contributed by atoms with Crippen molar-refractivity contribution in [2.75, 3.05) is 45.9 Å². The number of aliphatic hydroxyl groups is 1. The molecule has 0 aromatic rings. The summed E-state index contributed by atoms with van der Waals surface area (Å²) in [5.74, 6) is 0. The van der Waals surface area contributed by atoms with Crippen LogP contribution in [-0.4, -0.2) is 62.0 Å². The van der Waals surface area contributed by atoms with Crippen LogP contribution in [0.2, 0.25) is 0 Å². The highest BCUT2D eigenvalue weighted by Crippen LogP contribution is 1.98. The average molecular weight is 228 g/mol. The van der Waals surface area contributed by atoms with Crippen molar-refractivity contribution in [2.24, 2.45) is 0 Å². The fourth-order valence-corrected chi connectivity index (χ4v) is 1.77. The lowest BCUT2D eigenvalue weighted by molar-refractivity contribution is 0.0150. The summed E-state index contributed by atoms with van der Waals surface area (Å²) in [6, 6.07) is 0. The van der Waals surface area contributed by atoms with E-state index in [1.54, 1.807) is 0 Å². The minimum absolute atomic E-state index is 0.274. The Hall–Kier alpha value is -0.420. The first-order valence-corrected chi connectivity index (χ1v) is 6.13. The number of ether oxygens (including phenoxy) is 1. The number of morpholine rings is 1. The molecular weight excluding hydrogens is 204 g/mol. The Morgan fingerprint density at radius 1 is 1.44 bits per heavy atom. The molecule has 0 amide bonds. The minimum Gasteiger partial charge on any atom is -0.390 e. The van der Waals surface area contributed by atoms with Gasteiger partial charge in [0.05, 0.1) is 19.3 Å². The zero-order valence-electron chi connectivity index (χ0n) is 10.2. The molecule has 0 aliphatic carbocycles.